The highest BCUT2D eigenvalue weighted by molar-refractivity contribution is 7.98. The van der Waals surface area contributed by atoms with Crippen molar-refractivity contribution in [2.45, 2.75) is 10.9 Å². The molecule has 0 aliphatic carbocycles. The number of aromatic nitrogens is 2. The summed E-state index contributed by atoms with van der Waals surface area (Å²) in [4.78, 5) is 17.5. The molecule has 6 heteroatoms. The van der Waals surface area contributed by atoms with E-state index in [2.05, 4.69) is 11.1 Å². The molecule has 3 rings (SSSR count). The summed E-state index contributed by atoms with van der Waals surface area (Å²) in [5.41, 5.74) is 1.73. The topological polar surface area (TPSA) is 58.7 Å². The van der Waals surface area contributed by atoms with Crippen molar-refractivity contribution in [1.82, 2.24) is 9.55 Å². The molecule has 21 heavy (non-hydrogen) atoms. The summed E-state index contributed by atoms with van der Waals surface area (Å²) < 4.78 is 1.59. The fourth-order valence-corrected chi connectivity index (χ4v) is 3.67. The van der Waals surface area contributed by atoms with Crippen LogP contribution < -0.4 is 5.56 Å². The average molecular weight is 313 g/mol. The number of hydrogen-bond donors (Lipinski definition) is 0. The molecule has 104 valence electrons. The molecular formula is C15H11N3OS2. The zero-order valence-corrected chi connectivity index (χ0v) is 12.9. The Morgan fingerprint density at radius 2 is 2.10 bits per heavy atom. The maximum absolute atomic E-state index is 12.2. The Morgan fingerprint density at radius 1 is 1.33 bits per heavy atom. The minimum atomic E-state index is -0.0106. The van der Waals surface area contributed by atoms with E-state index in [1.165, 1.54) is 23.1 Å². The number of rotatable bonds is 3. The van der Waals surface area contributed by atoms with Crippen molar-refractivity contribution in [3.8, 4) is 6.07 Å². The minimum Gasteiger partial charge on any atom is -0.290 e. The number of hydrogen-bond acceptors (Lipinski definition) is 5. The van der Waals surface area contributed by atoms with Crippen LogP contribution in [0.5, 0.6) is 0 Å². The van der Waals surface area contributed by atoms with Crippen LogP contribution in [0.1, 0.15) is 11.1 Å². The lowest BCUT2D eigenvalue weighted by Crippen LogP contribution is -2.19. The summed E-state index contributed by atoms with van der Waals surface area (Å²) in [6.07, 6.45) is 0. The van der Waals surface area contributed by atoms with Crippen molar-refractivity contribution in [3.05, 3.63) is 57.2 Å². The average Bonchev–Trinajstić information content (AvgIpc) is 2.98. The second kappa shape index (κ2) is 5.72. The first-order valence-electron chi connectivity index (χ1n) is 6.25. The minimum absolute atomic E-state index is 0.0106. The van der Waals surface area contributed by atoms with Crippen LogP contribution in [0.4, 0.5) is 0 Å². The van der Waals surface area contributed by atoms with Gasteiger partial charge in [0.05, 0.1) is 17.0 Å². The van der Waals surface area contributed by atoms with Gasteiger partial charge in [0.2, 0.25) is 0 Å². The van der Waals surface area contributed by atoms with Crippen LogP contribution in [0, 0.1) is 11.3 Å². The van der Waals surface area contributed by atoms with E-state index in [1.807, 2.05) is 23.6 Å². The van der Waals surface area contributed by atoms with Crippen LogP contribution >= 0.6 is 23.1 Å². The molecule has 0 aliphatic rings. The van der Waals surface area contributed by atoms with Gasteiger partial charge in [0, 0.05) is 12.8 Å². The van der Waals surface area contributed by atoms with E-state index >= 15 is 0 Å². The van der Waals surface area contributed by atoms with Crippen LogP contribution in [-0.4, -0.2) is 9.55 Å². The molecule has 0 bridgehead atoms. The van der Waals surface area contributed by atoms with Gasteiger partial charge in [-0.15, -0.1) is 11.3 Å². The Bertz CT molecular complexity index is 888. The molecule has 0 fully saturated rings. The molecule has 4 nitrogen and oxygen atoms in total. The van der Waals surface area contributed by atoms with Gasteiger partial charge in [0.1, 0.15) is 4.83 Å². The smallest absolute Gasteiger partial charge is 0.262 e. The van der Waals surface area contributed by atoms with Crippen LogP contribution in [0.25, 0.3) is 10.2 Å². The standard InChI is InChI=1S/C15H11N3OS2/c1-18-14(19)12-6-7-20-13(12)17-15(18)21-9-11-4-2-10(8-16)3-5-11/h2-7H,9H2,1H3. The Kier molecular flexibility index (Phi) is 3.78. The normalized spacial score (nSPS) is 10.7. The van der Waals surface area contributed by atoms with E-state index in [1.54, 1.807) is 23.7 Å². The van der Waals surface area contributed by atoms with Gasteiger partial charge in [0.25, 0.3) is 5.56 Å². The first-order chi connectivity index (χ1) is 10.2. The molecule has 0 radical (unpaired) electrons. The third-order valence-corrected chi connectivity index (χ3v) is 5.02. The Labute approximate surface area is 129 Å². The molecule has 0 amide bonds. The molecule has 0 saturated carbocycles. The predicted octanol–water partition coefficient (Wildman–Crippen LogP) is 3.16. The largest absolute Gasteiger partial charge is 0.290 e. The lowest BCUT2D eigenvalue weighted by molar-refractivity contribution is 0.728. The van der Waals surface area contributed by atoms with Crippen molar-refractivity contribution in [2.75, 3.05) is 0 Å². The lowest BCUT2D eigenvalue weighted by Gasteiger charge is -2.07. The van der Waals surface area contributed by atoms with Crippen molar-refractivity contribution in [1.29, 1.82) is 5.26 Å². The first kappa shape index (κ1) is 13.9. The molecule has 0 atom stereocenters. The van der Waals surface area contributed by atoms with Crippen molar-refractivity contribution in [2.24, 2.45) is 7.05 Å². The molecule has 0 N–H and O–H groups in total. The van der Waals surface area contributed by atoms with Gasteiger partial charge in [0.15, 0.2) is 5.16 Å². The second-order valence-electron chi connectivity index (χ2n) is 4.50. The number of benzene rings is 1. The number of nitrogens with zero attached hydrogens (tertiary/aromatic N) is 3. The zero-order valence-electron chi connectivity index (χ0n) is 11.2. The molecule has 0 saturated heterocycles. The highest BCUT2D eigenvalue weighted by atomic mass is 32.2. The molecule has 2 heterocycles. The summed E-state index contributed by atoms with van der Waals surface area (Å²) in [6, 6.07) is 11.3. The molecule has 0 unspecified atom stereocenters. The third-order valence-electron chi connectivity index (χ3n) is 3.11. The maximum atomic E-state index is 12.2. The lowest BCUT2D eigenvalue weighted by atomic mass is 10.2. The predicted molar refractivity (Wildman–Crippen MR) is 85.6 cm³/mol. The number of thioether (sulfide) groups is 1. The SMILES string of the molecule is Cn1c(SCc2ccc(C#N)cc2)nc2sccc2c1=O. The first-order valence-corrected chi connectivity index (χ1v) is 8.11. The van der Waals surface area contributed by atoms with E-state index in [0.717, 1.165) is 10.4 Å². The monoisotopic (exact) mass is 313 g/mol. The summed E-state index contributed by atoms with van der Waals surface area (Å²) in [5, 5.41) is 12.0. The second-order valence-corrected chi connectivity index (χ2v) is 6.33. The molecule has 1 aromatic carbocycles. The highest BCUT2D eigenvalue weighted by Crippen LogP contribution is 2.23. The quantitative estimate of drug-likeness (QED) is 0.550. The van der Waals surface area contributed by atoms with E-state index < -0.39 is 0 Å². The van der Waals surface area contributed by atoms with Crippen LogP contribution in [-0.2, 0) is 12.8 Å². The van der Waals surface area contributed by atoms with E-state index in [4.69, 9.17) is 5.26 Å². The van der Waals surface area contributed by atoms with E-state index in [-0.39, 0.29) is 5.56 Å². The van der Waals surface area contributed by atoms with Gasteiger partial charge < -0.3 is 0 Å². The number of thiophene rings is 1. The van der Waals surface area contributed by atoms with Crippen molar-refractivity contribution in [3.63, 3.8) is 0 Å². The van der Waals surface area contributed by atoms with Gasteiger partial charge in [-0.05, 0) is 29.1 Å². The summed E-state index contributed by atoms with van der Waals surface area (Å²) in [7, 11) is 1.74. The summed E-state index contributed by atoms with van der Waals surface area (Å²) >= 11 is 3.00. The van der Waals surface area contributed by atoms with Gasteiger partial charge in [-0.2, -0.15) is 5.26 Å². The molecular weight excluding hydrogens is 302 g/mol. The molecule has 0 aliphatic heterocycles. The van der Waals surface area contributed by atoms with Crippen LogP contribution in [0.2, 0.25) is 0 Å². The maximum Gasteiger partial charge on any atom is 0.262 e. The Hall–Kier alpha value is -2.10. The highest BCUT2D eigenvalue weighted by Gasteiger charge is 2.09. The summed E-state index contributed by atoms with van der Waals surface area (Å²) in [5.74, 6) is 0.711. The third kappa shape index (κ3) is 2.71. The molecule has 3 aromatic rings. The van der Waals surface area contributed by atoms with Crippen LogP contribution in [0.3, 0.4) is 0 Å². The van der Waals surface area contributed by atoms with Gasteiger partial charge in [-0.1, -0.05) is 23.9 Å². The molecule has 2 aromatic heterocycles. The molecule has 0 spiro atoms. The van der Waals surface area contributed by atoms with Gasteiger partial charge in [-0.3, -0.25) is 9.36 Å². The fraction of sp³-hybridized carbons (Fsp3) is 0.133. The van der Waals surface area contributed by atoms with Gasteiger partial charge >= 0.3 is 0 Å². The number of nitriles is 1. The van der Waals surface area contributed by atoms with Crippen molar-refractivity contribution >= 4 is 33.3 Å². The van der Waals surface area contributed by atoms with E-state index in [0.29, 0.717) is 21.9 Å². The van der Waals surface area contributed by atoms with E-state index in [9.17, 15) is 4.79 Å². The Morgan fingerprint density at radius 3 is 2.81 bits per heavy atom. The fourth-order valence-electron chi connectivity index (χ4n) is 1.93. The Balaban J connectivity index is 1.86. The van der Waals surface area contributed by atoms with Gasteiger partial charge in [-0.25, -0.2) is 4.98 Å². The van der Waals surface area contributed by atoms with Crippen LogP contribution in [0.15, 0.2) is 45.7 Å². The summed E-state index contributed by atoms with van der Waals surface area (Å²) in [6.45, 7) is 0. The zero-order chi connectivity index (χ0) is 14.8. The van der Waals surface area contributed by atoms with Crippen molar-refractivity contribution < 1.29 is 0 Å². The number of fused-ring (bicyclic) bond motifs is 1.